The first-order valence-electron chi connectivity index (χ1n) is 4.09. The Morgan fingerprint density at radius 1 is 1.53 bits per heavy atom. The van der Waals surface area contributed by atoms with E-state index in [1.165, 1.54) is 0 Å². The number of alkyl halides is 3. The molecule has 0 amide bonds. The van der Waals surface area contributed by atoms with Crippen molar-refractivity contribution in [2.24, 2.45) is 0 Å². The molecule has 2 rings (SSSR count). The Balaban J connectivity index is 2.58. The van der Waals surface area contributed by atoms with Crippen LogP contribution >= 0.6 is 0 Å². The molecule has 0 radical (unpaired) electrons. The van der Waals surface area contributed by atoms with Crippen molar-refractivity contribution in [2.75, 3.05) is 0 Å². The van der Waals surface area contributed by atoms with E-state index in [1.54, 1.807) is 0 Å². The highest BCUT2D eigenvalue weighted by atomic mass is 19.4. The zero-order valence-electron chi connectivity index (χ0n) is 7.62. The van der Waals surface area contributed by atoms with Crippen molar-refractivity contribution >= 4 is 0 Å². The number of aliphatic hydroxyl groups excluding tert-OH is 1. The Morgan fingerprint density at radius 2 is 2.20 bits per heavy atom. The number of aliphatic hydroxyl groups is 1. The number of nitrogens with zero attached hydrogens (tertiary/aromatic N) is 2. The molecule has 0 aromatic carbocycles. The Labute approximate surface area is 82.7 Å². The minimum absolute atomic E-state index is 0.0441. The smallest absolute Gasteiger partial charge is 0.364 e. The predicted molar refractivity (Wildman–Crippen MR) is 41.5 cm³/mol. The van der Waals surface area contributed by atoms with Crippen molar-refractivity contribution in [1.29, 1.82) is 0 Å². The topological polar surface area (TPSA) is 55.2 Å². The molecule has 4 nitrogen and oxygen atoms in total. The molecule has 1 aromatic heterocycles. The van der Waals surface area contributed by atoms with Crippen LogP contribution in [0.3, 0.4) is 0 Å². The summed E-state index contributed by atoms with van der Waals surface area (Å²) in [4.78, 5) is 7.05. The normalized spacial score (nSPS) is 30.3. The molecule has 1 aliphatic heterocycles. The average molecular weight is 220 g/mol. The molecule has 0 fully saturated rings. The lowest BCUT2D eigenvalue weighted by Gasteiger charge is -2.26. The molecule has 1 aliphatic rings. The lowest BCUT2D eigenvalue weighted by atomic mass is 10.0. The Bertz CT molecular complexity index is 396. The van der Waals surface area contributed by atoms with E-state index in [1.807, 2.05) is 0 Å². The second-order valence-corrected chi connectivity index (χ2v) is 3.33. The lowest BCUT2D eigenvalue weighted by molar-refractivity contribution is -0.307. The quantitative estimate of drug-likeness (QED) is 0.715. The fourth-order valence-electron chi connectivity index (χ4n) is 1.46. The summed E-state index contributed by atoms with van der Waals surface area (Å²) in [6.45, 7) is 0.828. The Morgan fingerprint density at radius 3 is 2.80 bits per heavy atom. The third-order valence-electron chi connectivity index (χ3n) is 2.35. The fraction of sp³-hybridized carbons (Fsp3) is 0.500. The van der Waals surface area contributed by atoms with E-state index in [0.717, 1.165) is 19.4 Å². The molecule has 15 heavy (non-hydrogen) atoms. The highest BCUT2D eigenvalue weighted by Gasteiger charge is 2.60. The van der Waals surface area contributed by atoms with Gasteiger partial charge in [-0.25, -0.2) is 9.97 Å². The summed E-state index contributed by atoms with van der Waals surface area (Å²) in [5.41, 5.74) is -2.94. The van der Waals surface area contributed by atoms with E-state index >= 15 is 0 Å². The molecule has 1 N–H and O–H groups in total. The molecule has 2 heterocycles. The molecule has 0 bridgehead atoms. The van der Waals surface area contributed by atoms with Gasteiger partial charge in [0, 0.05) is 6.20 Å². The SMILES string of the molecule is CC1(C(F)(F)F)OC(O)c2cncnc21. The number of rotatable bonds is 0. The highest BCUT2D eigenvalue weighted by molar-refractivity contribution is 5.29. The number of hydrogen-bond donors (Lipinski definition) is 1. The van der Waals surface area contributed by atoms with Crippen LogP contribution < -0.4 is 0 Å². The van der Waals surface area contributed by atoms with Crippen LogP contribution in [-0.2, 0) is 10.3 Å². The van der Waals surface area contributed by atoms with Gasteiger partial charge in [0.15, 0.2) is 6.29 Å². The van der Waals surface area contributed by atoms with Crippen LogP contribution in [0.4, 0.5) is 13.2 Å². The Kier molecular flexibility index (Phi) is 1.99. The van der Waals surface area contributed by atoms with Crippen LogP contribution in [0, 0.1) is 0 Å². The third kappa shape index (κ3) is 1.30. The number of fused-ring (bicyclic) bond motifs is 1. The van der Waals surface area contributed by atoms with E-state index in [4.69, 9.17) is 0 Å². The largest absolute Gasteiger partial charge is 0.423 e. The maximum Gasteiger partial charge on any atom is 0.423 e. The van der Waals surface area contributed by atoms with Crippen molar-refractivity contribution in [3.8, 4) is 0 Å². The zero-order chi connectivity index (χ0) is 11.3. The van der Waals surface area contributed by atoms with Crippen LogP contribution in [0.25, 0.3) is 0 Å². The van der Waals surface area contributed by atoms with Gasteiger partial charge in [-0.2, -0.15) is 13.2 Å². The van der Waals surface area contributed by atoms with Gasteiger partial charge in [0.05, 0.1) is 11.3 Å². The van der Waals surface area contributed by atoms with Crippen LogP contribution in [-0.4, -0.2) is 21.3 Å². The van der Waals surface area contributed by atoms with Gasteiger partial charge in [-0.05, 0) is 6.92 Å². The molecule has 2 atom stereocenters. The molecule has 0 aliphatic carbocycles. The fourth-order valence-corrected chi connectivity index (χ4v) is 1.46. The summed E-state index contributed by atoms with van der Waals surface area (Å²) in [6.07, 6.45) is -4.16. The second kappa shape index (κ2) is 2.89. The van der Waals surface area contributed by atoms with Gasteiger partial charge in [0.25, 0.3) is 0 Å². The van der Waals surface area contributed by atoms with E-state index in [2.05, 4.69) is 14.7 Å². The molecule has 0 saturated carbocycles. The maximum absolute atomic E-state index is 12.7. The molecule has 0 spiro atoms. The first-order chi connectivity index (χ1) is 6.86. The van der Waals surface area contributed by atoms with Gasteiger partial charge in [-0.15, -0.1) is 0 Å². The van der Waals surface area contributed by atoms with Crippen LogP contribution in [0.15, 0.2) is 12.5 Å². The second-order valence-electron chi connectivity index (χ2n) is 3.33. The average Bonchev–Trinajstić information content (AvgIpc) is 2.41. The van der Waals surface area contributed by atoms with Crippen molar-refractivity contribution < 1.29 is 23.0 Å². The highest BCUT2D eigenvalue weighted by Crippen LogP contribution is 2.49. The van der Waals surface area contributed by atoms with Gasteiger partial charge < -0.3 is 9.84 Å². The monoisotopic (exact) mass is 220 g/mol. The first-order valence-corrected chi connectivity index (χ1v) is 4.09. The number of aromatic nitrogens is 2. The van der Waals surface area contributed by atoms with E-state index in [0.29, 0.717) is 0 Å². The number of hydrogen-bond acceptors (Lipinski definition) is 4. The van der Waals surface area contributed by atoms with Crippen molar-refractivity contribution in [2.45, 2.75) is 25.0 Å². The zero-order valence-corrected chi connectivity index (χ0v) is 7.62. The molecule has 0 saturated heterocycles. The summed E-state index contributed by atoms with van der Waals surface area (Å²) >= 11 is 0. The molecular weight excluding hydrogens is 213 g/mol. The first kappa shape index (κ1) is 10.3. The van der Waals surface area contributed by atoms with E-state index < -0.39 is 18.1 Å². The Hall–Kier alpha value is -1.21. The van der Waals surface area contributed by atoms with Crippen molar-refractivity contribution in [3.05, 3.63) is 23.8 Å². The molecule has 1 aromatic rings. The summed E-state index contributed by atoms with van der Waals surface area (Å²) in [5, 5.41) is 9.28. The number of ether oxygens (including phenoxy) is 1. The van der Waals surface area contributed by atoms with Crippen LogP contribution in [0.2, 0.25) is 0 Å². The molecule has 2 unspecified atom stereocenters. The van der Waals surface area contributed by atoms with Crippen molar-refractivity contribution in [3.63, 3.8) is 0 Å². The van der Waals surface area contributed by atoms with Gasteiger partial charge in [0.1, 0.15) is 6.33 Å². The standard InChI is InChI=1S/C8H7F3N2O2/c1-7(8(9,10)11)5-4(6(14)15-7)2-12-3-13-5/h2-3,6,14H,1H3. The molecule has 82 valence electrons. The molecule has 7 heteroatoms. The van der Waals surface area contributed by atoms with E-state index in [-0.39, 0.29) is 11.3 Å². The predicted octanol–water partition coefficient (Wildman–Crippen LogP) is 1.28. The van der Waals surface area contributed by atoms with Crippen LogP contribution in [0.1, 0.15) is 24.5 Å². The summed E-state index contributed by atoms with van der Waals surface area (Å²) < 4.78 is 42.6. The van der Waals surface area contributed by atoms with Gasteiger partial charge in [-0.1, -0.05) is 0 Å². The minimum atomic E-state index is -4.63. The lowest BCUT2D eigenvalue weighted by Crippen LogP contribution is -2.40. The van der Waals surface area contributed by atoms with E-state index in [9.17, 15) is 18.3 Å². The summed E-state index contributed by atoms with van der Waals surface area (Å²) in [5.74, 6) is 0. The number of halogens is 3. The van der Waals surface area contributed by atoms with Crippen LogP contribution in [0.5, 0.6) is 0 Å². The maximum atomic E-state index is 12.7. The molecular formula is C8H7F3N2O2. The summed E-state index contributed by atoms with van der Waals surface area (Å²) in [7, 11) is 0. The van der Waals surface area contributed by atoms with Crippen molar-refractivity contribution in [1.82, 2.24) is 9.97 Å². The third-order valence-corrected chi connectivity index (χ3v) is 2.35. The minimum Gasteiger partial charge on any atom is -0.364 e. The van der Waals surface area contributed by atoms with Gasteiger partial charge in [0.2, 0.25) is 5.60 Å². The summed E-state index contributed by atoms with van der Waals surface area (Å²) in [6, 6.07) is 0. The van der Waals surface area contributed by atoms with Gasteiger partial charge in [-0.3, -0.25) is 0 Å². The van der Waals surface area contributed by atoms with Gasteiger partial charge >= 0.3 is 6.18 Å².